The summed E-state index contributed by atoms with van der Waals surface area (Å²) in [7, 11) is 0. The third-order valence-corrected chi connectivity index (χ3v) is 5.92. The number of nitrogens with one attached hydrogen (secondary N) is 2. The van der Waals surface area contributed by atoms with Gasteiger partial charge in [-0.1, -0.05) is 30.3 Å². The number of ether oxygens (including phenoxy) is 1. The Morgan fingerprint density at radius 2 is 2.19 bits per heavy atom. The first-order valence-electron chi connectivity index (χ1n) is 9.94. The fourth-order valence-corrected chi connectivity index (χ4v) is 4.17. The van der Waals surface area contributed by atoms with Gasteiger partial charge in [-0.15, -0.1) is 0 Å². The van der Waals surface area contributed by atoms with Crippen LogP contribution in [0.25, 0.3) is 0 Å². The molecule has 2 aromatic rings. The maximum atomic E-state index is 10.4. The van der Waals surface area contributed by atoms with Crippen LogP contribution in [0.2, 0.25) is 0 Å². The predicted octanol–water partition coefficient (Wildman–Crippen LogP) is 2.10. The van der Waals surface area contributed by atoms with E-state index in [1.807, 2.05) is 18.5 Å². The topological polar surface area (TPSA) is 73.4 Å². The molecule has 3 N–H and O–H groups in total. The molecule has 146 valence electrons. The first-order valence-corrected chi connectivity index (χ1v) is 9.94. The van der Waals surface area contributed by atoms with Gasteiger partial charge in [0.25, 0.3) is 0 Å². The average molecular weight is 370 g/mol. The molecule has 27 heavy (non-hydrogen) atoms. The standard InChI is InChI=1S/C21H30N4O2/c1-16-12-27-15-21(14-26,25(16)11-17-5-3-2-4-6-17)13-24-19(18-7-8-18)20-22-9-10-23-20/h2-6,9-10,16,18-19,24,26H,7-8,11-15H2,1H3,(H,22,23)/t16-,19?,21+/m1/s1. The summed E-state index contributed by atoms with van der Waals surface area (Å²) in [6.45, 7) is 4.94. The van der Waals surface area contributed by atoms with Crippen LogP contribution in [0, 0.1) is 5.92 Å². The fourth-order valence-electron chi connectivity index (χ4n) is 4.17. The van der Waals surface area contributed by atoms with Crippen molar-refractivity contribution in [1.29, 1.82) is 0 Å². The lowest BCUT2D eigenvalue weighted by Crippen LogP contribution is -2.66. The summed E-state index contributed by atoms with van der Waals surface area (Å²) >= 11 is 0. The molecular formula is C21H30N4O2. The van der Waals surface area contributed by atoms with Crippen molar-refractivity contribution in [2.24, 2.45) is 5.92 Å². The number of imidazole rings is 1. The molecule has 6 nitrogen and oxygen atoms in total. The zero-order valence-electron chi connectivity index (χ0n) is 16.0. The van der Waals surface area contributed by atoms with Crippen molar-refractivity contribution < 1.29 is 9.84 Å². The van der Waals surface area contributed by atoms with E-state index in [1.165, 1.54) is 18.4 Å². The third kappa shape index (κ3) is 4.09. The Bertz CT molecular complexity index is 704. The number of aliphatic hydroxyl groups is 1. The molecule has 0 radical (unpaired) electrons. The smallest absolute Gasteiger partial charge is 0.123 e. The lowest BCUT2D eigenvalue weighted by Gasteiger charge is -2.50. The molecular weight excluding hydrogens is 340 g/mol. The van der Waals surface area contributed by atoms with Crippen LogP contribution >= 0.6 is 0 Å². The van der Waals surface area contributed by atoms with E-state index in [9.17, 15) is 5.11 Å². The molecule has 1 aliphatic heterocycles. The number of benzene rings is 1. The van der Waals surface area contributed by atoms with E-state index in [-0.39, 0.29) is 18.7 Å². The Kier molecular flexibility index (Phi) is 5.59. The van der Waals surface area contributed by atoms with Gasteiger partial charge in [0, 0.05) is 31.5 Å². The minimum absolute atomic E-state index is 0.0622. The minimum atomic E-state index is -0.437. The van der Waals surface area contributed by atoms with Gasteiger partial charge in [-0.3, -0.25) is 4.90 Å². The van der Waals surface area contributed by atoms with E-state index in [1.54, 1.807) is 0 Å². The summed E-state index contributed by atoms with van der Waals surface area (Å²) in [5.41, 5.74) is 0.821. The molecule has 2 aliphatic rings. The van der Waals surface area contributed by atoms with Crippen LogP contribution in [0.15, 0.2) is 42.7 Å². The van der Waals surface area contributed by atoms with E-state index in [0.717, 1.165) is 12.4 Å². The number of H-pyrrole nitrogens is 1. The van der Waals surface area contributed by atoms with E-state index in [4.69, 9.17) is 4.74 Å². The number of morpholine rings is 1. The molecule has 0 amide bonds. The normalized spacial score (nSPS) is 27.6. The molecule has 1 unspecified atom stereocenters. The number of hydrogen-bond acceptors (Lipinski definition) is 5. The number of aromatic nitrogens is 2. The van der Waals surface area contributed by atoms with Crippen molar-refractivity contribution in [3.05, 3.63) is 54.1 Å². The number of rotatable bonds is 8. The highest BCUT2D eigenvalue weighted by atomic mass is 16.5. The Hall–Kier alpha value is -1.73. The SMILES string of the molecule is C[C@@H]1COC[C@@](CO)(CNC(c2ncc[nH]2)C2CC2)N1Cc1ccccc1. The highest BCUT2D eigenvalue weighted by molar-refractivity contribution is 5.16. The zero-order valence-corrected chi connectivity index (χ0v) is 16.0. The van der Waals surface area contributed by atoms with Gasteiger partial charge in [0.05, 0.1) is 31.4 Å². The van der Waals surface area contributed by atoms with Crippen LogP contribution in [-0.2, 0) is 11.3 Å². The quantitative estimate of drug-likeness (QED) is 0.664. The molecule has 1 saturated carbocycles. The summed E-state index contributed by atoms with van der Waals surface area (Å²) in [4.78, 5) is 10.1. The molecule has 6 heteroatoms. The second-order valence-electron chi connectivity index (χ2n) is 8.03. The molecule has 2 fully saturated rings. The minimum Gasteiger partial charge on any atom is -0.394 e. The Morgan fingerprint density at radius 3 is 2.85 bits per heavy atom. The molecule has 1 aromatic carbocycles. The van der Waals surface area contributed by atoms with Crippen LogP contribution in [0.3, 0.4) is 0 Å². The molecule has 0 spiro atoms. The Balaban J connectivity index is 1.52. The van der Waals surface area contributed by atoms with Gasteiger partial charge in [0.2, 0.25) is 0 Å². The zero-order chi connectivity index (χ0) is 18.7. The van der Waals surface area contributed by atoms with E-state index in [2.05, 4.69) is 51.4 Å². The third-order valence-electron chi connectivity index (χ3n) is 5.92. The highest BCUT2D eigenvalue weighted by Gasteiger charge is 2.44. The van der Waals surface area contributed by atoms with E-state index in [0.29, 0.717) is 25.7 Å². The molecule has 2 heterocycles. The van der Waals surface area contributed by atoms with Crippen molar-refractivity contribution in [3.63, 3.8) is 0 Å². The highest BCUT2D eigenvalue weighted by Crippen LogP contribution is 2.40. The lowest BCUT2D eigenvalue weighted by atomic mass is 9.93. The molecule has 4 rings (SSSR count). The summed E-state index contributed by atoms with van der Waals surface area (Å²) < 4.78 is 5.89. The average Bonchev–Trinajstić information content (AvgIpc) is 3.39. The number of hydrogen-bond donors (Lipinski definition) is 3. The number of nitrogens with zero attached hydrogens (tertiary/aromatic N) is 2. The summed E-state index contributed by atoms with van der Waals surface area (Å²) in [6, 6.07) is 10.9. The predicted molar refractivity (Wildman–Crippen MR) is 104 cm³/mol. The largest absolute Gasteiger partial charge is 0.394 e. The summed E-state index contributed by atoms with van der Waals surface area (Å²) in [5, 5.41) is 14.1. The molecule has 1 saturated heterocycles. The maximum absolute atomic E-state index is 10.4. The van der Waals surface area contributed by atoms with E-state index < -0.39 is 5.54 Å². The molecule has 1 aromatic heterocycles. The summed E-state index contributed by atoms with van der Waals surface area (Å²) in [5.74, 6) is 1.61. The van der Waals surface area contributed by atoms with Crippen LogP contribution in [0.1, 0.15) is 37.2 Å². The van der Waals surface area contributed by atoms with Gasteiger partial charge < -0.3 is 20.1 Å². The van der Waals surface area contributed by atoms with Crippen molar-refractivity contribution in [3.8, 4) is 0 Å². The van der Waals surface area contributed by atoms with Gasteiger partial charge >= 0.3 is 0 Å². The van der Waals surface area contributed by atoms with Gasteiger partial charge in [0.1, 0.15) is 5.82 Å². The van der Waals surface area contributed by atoms with Crippen LogP contribution in [0.4, 0.5) is 0 Å². The lowest BCUT2D eigenvalue weighted by molar-refractivity contribution is -0.123. The molecule has 3 atom stereocenters. The Labute approximate surface area is 161 Å². The van der Waals surface area contributed by atoms with Crippen LogP contribution in [0.5, 0.6) is 0 Å². The number of aromatic amines is 1. The summed E-state index contributed by atoms with van der Waals surface area (Å²) in [6.07, 6.45) is 6.14. The first kappa shape index (κ1) is 18.6. The van der Waals surface area contributed by atoms with Crippen molar-refractivity contribution >= 4 is 0 Å². The van der Waals surface area contributed by atoms with Crippen LogP contribution in [-0.4, -0.2) is 57.9 Å². The van der Waals surface area contributed by atoms with E-state index >= 15 is 0 Å². The fraction of sp³-hybridized carbons (Fsp3) is 0.571. The molecule has 1 aliphatic carbocycles. The second-order valence-corrected chi connectivity index (χ2v) is 8.03. The van der Waals surface area contributed by atoms with Gasteiger partial charge in [-0.05, 0) is 31.2 Å². The first-order chi connectivity index (χ1) is 13.2. The van der Waals surface area contributed by atoms with Gasteiger partial charge in [-0.2, -0.15) is 0 Å². The second kappa shape index (κ2) is 8.10. The van der Waals surface area contributed by atoms with Crippen LogP contribution < -0.4 is 5.32 Å². The van der Waals surface area contributed by atoms with Gasteiger partial charge in [-0.25, -0.2) is 4.98 Å². The van der Waals surface area contributed by atoms with Crippen molar-refractivity contribution in [2.75, 3.05) is 26.4 Å². The van der Waals surface area contributed by atoms with Crippen molar-refractivity contribution in [2.45, 2.75) is 43.9 Å². The van der Waals surface area contributed by atoms with Gasteiger partial charge in [0.15, 0.2) is 0 Å². The Morgan fingerprint density at radius 1 is 1.37 bits per heavy atom. The monoisotopic (exact) mass is 370 g/mol. The maximum Gasteiger partial charge on any atom is 0.123 e. The van der Waals surface area contributed by atoms with Crippen molar-refractivity contribution in [1.82, 2.24) is 20.2 Å². The molecule has 0 bridgehead atoms. The number of aliphatic hydroxyl groups excluding tert-OH is 1.